The zero-order valence-corrected chi connectivity index (χ0v) is 15.1. The highest BCUT2D eigenvalue weighted by atomic mass is 16.5. The molecule has 0 atom stereocenters. The molecule has 2 aromatic carbocycles. The lowest BCUT2D eigenvalue weighted by atomic mass is 10.1. The van der Waals surface area contributed by atoms with Gasteiger partial charge in [-0.25, -0.2) is 4.98 Å². The first-order valence-corrected chi connectivity index (χ1v) is 8.81. The van der Waals surface area contributed by atoms with Gasteiger partial charge in [-0.3, -0.25) is 4.79 Å². The van der Waals surface area contributed by atoms with Crippen molar-refractivity contribution in [3.05, 3.63) is 66.6 Å². The highest BCUT2D eigenvalue weighted by Crippen LogP contribution is 2.28. The SMILES string of the molecule is CCN(CC)c1ccc(C(=O)COc2ccccc2-c2cnc[nH]2)cc1. The molecule has 5 heteroatoms. The first-order valence-electron chi connectivity index (χ1n) is 8.81. The average molecular weight is 349 g/mol. The van der Waals surface area contributed by atoms with Crippen molar-refractivity contribution in [3.8, 4) is 17.0 Å². The molecule has 3 aromatic rings. The Morgan fingerprint density at radius 2 is 1.81 bits per heavy atom. The number of hydrogen-bond acceptors (Lipinski definition) is 4. The van der Waals surface area contributed by atoms with E-state index in [-0.39, 0.29) is 12.4 Å². The highest BCUT2D eigenvalue weighted by Gasteiger charge is 2.11. The van der Waals surface area contributed by atoms with Crippen LogP contribution >= 0.6 is 0 Å². The molecule has 0 spiro atoms. The Morgan fingerprint density at radius 3 is 2.46 bits per heavy atom. The molecule has 0 fully saturated rings. The van der Waals surface area contributed by atoms with Crippen molar-refractivity contribution in [3.63, 3.8) is 0 Å². The molecule has 1 N–H and O–H groups in total. The molecule has 0 aliphatic carbocycles. The topological polar surface area (TPSA) is 58.2 Å². The van der Waals surface area contributed by atoms with E-state index in [1.807, 2.05) is 48.5 Å². The Balaban J connectivity index is 1.68. The van der Waals surface area contributed by atoms with E-state index in [1.165, 1.54) is 0 Å². The summed E-state index contributed by atoms with van der Waals surface area (Å²) >= 11 is 0. The number of ether oxygens (including phenoxy) is 1. The Labute approximate surface area is 153 Å². The number of anilines is 1. The Hall–Kier alpha value is -3.08. The molecular weight excluding hydrogens is 326 g/mol. The van der Waals surface area contributed by atoms with Crippen molar-refractivity contribution in [1.29, 1.82) is 0 Å². The summed E-state index contributed by atoms with van der Waals surface area (Å²) in [6.07, 6.45) is 3.35. The third kappa shape index (κ3) is 3.94. The van der Waals surface area contributed by atoms with Gasteiger partial charge in [0.05, 0.1) is 18.2 Å². The minimum absolute atomic E-state index is 0.00420. The summed E-state index contributed by atoms with van der Waals surface area (Å²) in [5.74, 6) is 0.611. The number of aromatic nitrogens is 2. The number of para-hydroxylation sites is 1. The van der Waals surface area contributed by atoms with Gasteiger partial charge in [0.1, 0.15) is 5.75 Å². The molecule has 0 radical (unpaired) electrons. The van der Waals surface area contributed by atoms with Gasteiger partial charge in [-0.15, -0.1) is 0 Å². The number of Topliss-reactive ketones (excluding diaryl/α,β-unsaturated/α-hetero) is 1. The molecule has 5 nitrogen and oxygen atoms in total. The third-order valence-electron chi connectivity index (χ3n) is 4.35. The van der Waals surface area contributed by atoms with Crippen LogP contribution in [0.3, 0.4) is 0 Å². The zero-order valence-electron chi connectivity index (χ0n) is 15.1. The highest BCUT2D eigenvalue weighted by molar-refractivity contribution is 5.97. The number of H-pyrrole nitrogens is 1. The van der Waals surface area contributed by atoms with Gasteiger partial charge < -0.3 is 14.6 Å². The minimum Gasteiger partial charge on any atom is -0.485 e. The number of carbonyl (C=O) groups excluding carboxylic acids is 1. The maximum Gasteiger partial charge on any atom is 0.200 e. The fourth-order valence-electron chi connectivity index (χ4n) is 2.89. The molecule has 0 amide bonds. The predicted octanol–water partition coefficient (Wildman–Crippen LogP) is 4.18. The molecule has 0 aliphatic rings. The second kappa shape index (κ2) is 8.34. The molecule has 26 heavy (non-hydrogen) atoms. The van der Waals surface area contributed by atoms with Crippen molar-refractivity contribution in [2.45, 2.75) is 13.8 Å². The van der Waals surface area contributed by atoms with Gasteiger partial charge in [-0.05, 0) is 50.2 Å². The van der Waals surface area contributed by atoms with Crippen LogP contribution in [-0.2, 0) is 0 Å². The fraction of sp³-hybridized carbons (Fsp3) is 0.238. The van der Waals surface area contributed by atoms with Crippen LogP contribution in [0.1, 0.15) is 24.2 Å². The van der Waals surface area contributed by atoms with Crippen LogP contribution in [-0.4, -0.2) is 35.4 Å². The minimum atomic E-state index is -0.0458. The van der Waals surface area contributed by atoms with Gasteiger partial charge in [-0.2, -0.15) is 0 Å². The summed E-state index contributed by atoms with van der Waals surface area (Å²) in [4.78, 5) is 21.8. The Bertz CT molecular complexity index is 838. The first kappa shape index (κ1) is 17.7. The normalized spacial score (nSPS) is 10.5. The van der Waals surface area contributed by atoms with Crippen molar-refractivity contribution >= 4 is 11.5 Å². The van der Waals surface area contributed by atoms with E-state index in [4.69, 9.17) is 4.74 Å². The monoisotopic (exact) mass is 349 g/mol. The summed E-state index contributed by atoms with van der Waals surface area (Å²) < 4.78 is 5.79. The molecule has 0 saturated heterocycles. The molecule has 1 heterocycles. The fourth-order valence-corrected chi connectivity index (χ4v) is 2.89. The Kier molecular flexibility index (Phi) is 5.69. The number of nitrogens with one attached hydrogen (secondary N) is 1. The van der Waals surface area contributed by atoms with Crippen LogP contribution in [0.15, 0.2) is 61.1 Å². The quantitative estimate of drug-likeness (QED) is 0.620. The van der Waals surface area contributed by atoms with E-state index in [0.717, 1.165) is 30.0 Å². The average Bonchev–Trinajstić information content (AvgIpc) is 3.22. The maximum absolute atomic E-state index is 12.5. The molecule has 0 aliphatic heterocycles. The summed E-state index contributed by atoms with van der Waals surface area (Å²) in [6.45, 7) is 6.12. The molecule has 0 bridgehead atoms. The standard InChI is InChI=1S/C21H23N3O2/c1-3-24(4-2)17-11-9-16(10-12-17)20(25)14-26-21-8-6-5-7-18(21)19-13-22-15-23-19/h5-13,15H,3-4,14H2,1-2H3,(H,22,23). The number of aromatic amines is 1. The molecule has 134 valence electrons. The van der Waals surface area contributed by atoms with Crippen LogP contribution < -0.4 is 9.64 Å². The smallest absolute Gasteiger partial charge is 0.200 e. The van der Waals surface area contributed by atoms with Crippen molar-refractivity contribution < 1.29 is 9.53 Å². The second-order valence-electron chi connectivity index (χ2n) is 5.89. The first-order chi connectivity index (χ1) is 12.7. The van der Waals surface area contributed by atoms with Crippen LogP contribution in [0.2, 0.25) is 0 Å². The number of rotatable bonds is 8. The lowest BCUT2D eigenvalue weighted by Crippen LogP contribution is -2.21. The maximum atomic E-state index is 12.5. The van der Waals surface area contributed by atoms with E-state index >= 15 is 0 Å². The number of carbonyl (C=O) groups is 1. The lowest BCUT2D eigenvalue weighted by Gasteiger charge is -2.21. The van der Waals surface area contributed by atoms with Gasteiger partial charge in [-0.1, -0.05) is 12.1 Å². The molecule has 0 unspecified atom stereocenters. The Morgan fingerprint density at radius 1 is 1.08 bits per heavy atom. The lowest BCUT2D eigenvalue weighted by molar-refractivity contribution is 0.0922. The van der Waals surface area contributed by atoms with Crippen molar-refractivity contribution in [2.24, 2.45) is 0 Å². The number of benzene rings is 2. The molecule has 3 rings (SSSR count). The number of hydrogen-bond donors (Lipinski definition) is 1. The van der Waals surface area contributed by atoms with E-state index in [2.05, 4.69) is 28.7 Å². The van der Waals surface area contributed by atoms with Crippen molar-refractivity contribution in [2.75, 3.05) is 24.6 Å². The molecule has 1 aromatic heterocycles. The van der Waals surface area contributed by atoms with Gasteiger partial charge in [0.2, 0.25) is 0 Å². The summed E-state index contributed by atoms with van der Waals surface area (Å²) in [5, 5.41) is 0. The van der Waals surface area contributed by atoms with E-state index in [1.54, 1.807) is 12.5 Å². The van der Waals surface area contributed by atoms with E-state index in [0.29, 0.717) is 11.3 Å². The molecule has 0 saturated carbocycles. The third-order valence-corrected chi connectivity index (χ3v) is 4.35. The second-order valence-corrected chi connectivity index (χ2v) is 5.89. The van der Waals surface area contributed by atoms with Gasteiger partial charge in [0, 0.05) is 29.9 Å². The van der Waals surface area contributed by atoms with E-state index < -0.39 is 0 Å². The van der Waals surface area contributed by atoms with E-state index in [9.17, 15) is 4.79 Å². The summed E-state index contributed by atoms with van der Waals surface area (Å²) in [6, 6.07) is 15.3. The van der Waals surface area contributed by atoms with Gasteiger partial charge in [0.15, 0.2) is 12.4 Å². The largest absolute Gasteiger partial charge is 0.485 e. The van der Waals surface area contributed by atoms with Crippen LogP contribution in [0.5, 0.6) is 5.75 Å². The summed E-state index contributed by atoms with van der Waals surface area (Å²) in [7, 11) is 0. The van der Waals surface area contributed by atoms with Gasteiger partial charge >= 0.3 is 0 Å². The van der Waals surface area contributed by atoms with Crippen LogP contribution in [0, 0.1) is 0 Å². The van der Waals surface area contributed by atoms with Crippen LogP contribution in [0.25, 0.3) is 11.3 Å². The number of nitrogens with zero attached hydrogens (tertiary/aromatic N) is 2. The van der Waals surface area contributed by atoms with Gasteiger partial charge in [0.25, 0.3) is 0 Å². The number of imidazole rings is 1. The summed E-state index contributed by atoms with van der Waals surface area (Å²) in [5.41, 5.74) is 3.52. The molecular formula is C21H23N3O2. The number of ketones is 1. The predicted molar refractivity (Wildman–Crippen MR) is 104 cm³/mol. The van der Waals surface area contributed by atoms with Crippen molar-refractivity contribution in [1.82, 2.24) is 9.97 Å². The zero-order chi connectivity index (χ0) is 18.4. The van der Waals surface area contributed by atoms with Crippen LogP contribution in [0.4, 0.5) is 5.69 Å².